The Labute approximate surface area is 105 Å². The van der Waals surface area contributed by atoms with Gasteiger partial charge in [-0.05, 0) is 0 Å². The third-order valence-corrected chi connectivity index (χ3v) is 2.67. The number of halogens is 4. The number of pyridine rings is 1. The molecule has 1 aliphatic heterocycles. The SMILES string of the molecule is NC(=O)C1CN(c2c(F)c(F)nc(F)c2F)CCO1. The van der Waals surface area contributed by atoms with Gasteiger partial charge in [-0.1, -0.05) is 0 Å². The van der Waals surface area contributed by atoms with Crippen LogP contribution in [0.5, 0.6) is 0 Å². The Kier molecular flexibility index (Phi) is 3.56. The van der Waals surface area contributed by atoms with Crippen molar-refractivity contribution in [3.05, 3.63) is 23.5 Å². The summed E-state index contributed by atoms with van der Waals surface area (Å²) < 4.78 is 58.0. The van der Waals surface area contributed by atoms with Crippen LogP contribution in [0.4, 0.5) is 23.2 Å². The highest BCUT2D eigenvalue weighted by molar-refractivity contribution is 5.79. The minimum absolute atomic E-state index is 0.0412. The molecule has 1 saturated heterocycles. The summed E-state index contributed by atoms with van der Waals surface area (Å²) in [4.78, 5) is 14.4. The zero-order valence-electron chi connectivity index (χ0n) is 9.50. The Balaban J connectivity index is 2.39. The van der Waals surface area contributed by atoms with Crippen molar-refractivity contribution in [3.8, 4) is 0 Å². The van der Waals surface area contributed by atoms with Gasteiger partial charge in [-0.2, -0.15) is 22.5 Å². The first-order valence-electron chi connectivity index (χ1n) is 5.27. The molecule has 2 N–H and O–H groups in total. The highest BCUT2D eigenvalue weighted by Gasteiger charge is 2.31. The third-order valence-electron chi connectivity index (χ3n) is 2.67. The lowest BCUT2D eigenvalue weighted by atomic mass is 10.2. The number of carbonyl (C=O) groups is 1. The van der Waals surface area contributed by atoms with Gasteiger partial charge in [0.15, 0.2) is 6.10 Å². The molecular formula is C10H9F4N3O2. The molecule has 104 valence electrons. The van der Waals surface area contributed by atoms with Crippen molar-refractivity contribution in [1.82, 2.24) is 4.98 Å². The van der Waals surface area contributed by atoms with Gasteiger partial charge >= 0.3 is 0 Å². The number of nitrogens with zero attached hydrogens (tertiary/aromatic N) is 2. The average Bonchev–Trinajstić information content (AvgIpc) is 2.37. The lowest BCUT2D eigenvalue weighted by Gasteiger charge is -2.33. The molecule has 9 heteroatoms. The van der Waals surface area contributed by atoms with Crippen LogP contribution in [0.2, 0.25) is 0 Å². The van der Waals surface area contributed by atoms with Gasteiger partial charge in [0.1, 0.15) is 5.69 Å². The number of anilines is 1. The van der Waals surface area contributed by atoms with Crippen molar-refractivity contribution in [2.45, 2.75) is 6.10 Å². The summed E-state index contributed by atoms with van der Waals surface area (Å²) in [6, 6.07) is 0. The van der Waals surface area contributed by atoms with E-state index in [1.54, 1.807) is 0 Å². The predicted molar refractivity (Wildman–Crippen MR) is 55.2 cm³/mol. The fraction of sp³-hybridized carbons (Fsp3) is 0.400. The van der Waals surface area contributed by atoms with E-state index in [1.807, 2.05) is 0 Å². The lowest BCUT2D eigenvalue weighted by Crippen LogP contribution is -2.49. The Morgan fingerprint density at radius 3 is 2.37 bits per heavy atom. The van der Waals surface area contributed by atoms with E-state index in [4.69, 9.17) is 10.5 Å². The average molecular weight is 279 g/mol. The number of carbonyl (C=O) groups excluding carboxylic acids is 1. The first kappa shape index (κ1) is 13.5. The highest BCUT2D eigenvalue weighted by Crippen LogP contribution is 2.27. The molecular weight excluding hydrogens is 270 g/mol. The molecule has 1 unspecified atom stereocenters. The van der Waals surface area contributed by atoms with E-state index >= 15 is 0 Å². The largest absolute Gasteiger partial charge is 0.367 e. The zero-order chi connectivity index (χ0) is 14.2. The Morgan fingerprint density at radius 1 is 1.26 bits per heavy atom. The number of hydrogen-bond acceptors (Lipinski definition) is 4. The molecule has 0 spiro atoms. The van der Waals surface area contributed by atoms with Crippen LogP contribution in [-0.2, 0) is 9.53 Å². The van der Waals surface area contributed by atoms with Gasteiger partial charge < -0.3 is 15.4 Å². The Hall–Kier alpha value is -1.90. The molecule has 1 amide bonds. The molecule has 1 aliphatic rings. The van der Waals surface area contributed by atoms with E-state index in [-0.39, 0.29) is 19.7 Å². The number of hydrogen-bond donors (Lipinski definition) is 1. The number of morpholine rings is 1. The zero-order valence-corrected chi connectivity index (χ0v) is 9.50. The first-order chi connectivity index (χ1) is 8.91. The fourth-order valence-electron chi connectivity index (χ4n) is 1.78. The lowest BCUT2D eigenvalue weighted by molar-refractivity contribution is -0.130. The van der Waals surface area contributed by atoms with Crippen LogP contribution in [0.15, 0.2) is 0 Å². The molecule has 19 heavy (non-hydrogen) atoms. The summed E-state index contributed by atoms with van der Waals surface area (Å²) >= 11 is 0. The normalized spacial score (nSPS) is 19.6. The molecule has 0 saturated carbocycles. The first-order valence-corrected chi connectivity index (χ1v) is 5.27. The maximum Gasteiger partial charge on any atom is 0.253 e. The molecule has 0 aliphatic carbocycles. The van der Waals surface area contributed by atoms with Gasteiger partial charge in [0.25, 0.3) is 11.9 Å². The summed E-state index contributed by atoms with van der Waals surface area (Å²) in [5.74, 6) is -7.58. The molecule has 1 atom stereocenters. The molecule has 0 bridgehead atoms. The van der Waals surface area contributed by atoms with E-state index < -0.39 is 41.2 Å². The van der Waals surface area contributed by atoms with E-state index in [9.17, 15) is 22.4 Å². The number of amides is 1. The van der Waals surface area contributed by atoms with E-state index in [1.165, 1.54) is 0 Å². The maximum absolute atomic E-state index is 13.5. The monoisotopic (exact) mass is 279 g/mol. The van der Waals surface area contributed by atoms with Crippen LogP contribution in [0.3, 0.4) is 0 Å². The van der Waals surface area contributed by atoms with Gasteiger partial charge in [-0.15, -0.1) is 0 Å². The highest BCUT2D eigenvalue weighted by atomic mass is 19.2. The summed E-state index contributed by atoms with van der Waals surface area (Å²) in [5.41, 5.74) is 4.09. The second-order valence-electron chi connectivity index (χ2n) is 3.88. The fourth-order valence-corrected chi connectivity index (χ4v) is 1.78. The molecule has 0 aromatic carbocycles. The standard InChI is InChI=1S/C10H9F4N3O2/c11-5-7(6(12)9(14)16-8(5)13)17-1-2-19-4(3-17)10(15)18/h4H,1-3H2,(H2,15,18). The van der Waals surface area contributed by atoms with Crippen LogP contribution in [0, 0.1) is 23.5 Å². The van der Waals surface area contributed by atoms with Crippen LogP contribution >= 0.6 is 0 Å². The third kappa shape index (κ3) is 2.46. The summed E-state index contributed by atoms with van der Waals surface area (Å²) in [6.45, 7) is -0.398. The Morgan fingerprint density at radius 2 is 1.84 bits per heavy atom. The van der Waals surface area contributed by atoms with E-state index in [0.29, 0.717) is 0 Å². The molecule has 1 fully saturated rings. The van der Waals surface area contributed by atoms with Gasteiger partial charge in [-0.25, -0.2) is 0 Å². The smallest absolute Gasteiger partial charge is 0.253 e. The molecule has 5 nitrogen and oxygen atoms in total. The maximum atomic E-state index is 13.5. The van der Waals surface area contributed by atoms with Gasteiger partial charge in [0.05, 0.1) is 13.2 Å². The van der Waals surface area contributed by atoms with Crippen LogP contribution in [-0.4, -0.2) is 36.7 Å². The number of aromatic nitrogens is 1. The molecule has 1 aromatic rings. The van der Waals surface area contributed by atoms with E-state index in [0.717, 1.165) is 4.90 Å². The van der Waals surface area contributed by atoms with Gasteiger partial charge in [-0.3, -0.25) is 4.79 Å². The molecule has 2 heterocycles. The van der Waals surface area contributed by atoms with Crippen molar-refractivity contribution in [3.63, 3.8) is 0 Å². The van der Waals surface area contributed by atoms with Crippen molar-refractivity contribution in [2.24, 2.45) is 5.73 Å². The number of primary amides is 1. The number of rotatable bonds is 2. The minimum Gasteiger partial charge on any atom is -0.367 e. The number of ether oxygens (including phenoxy) is 1. The molecule has 1 aromatic heterocycles. The topological polar surface area (TPSA) is 68.5 Å². The van der Waals surface area contributed by atoms with Crippen molar-refractivity contribution >= 4 is 11.6 Å². The summed E-state index contributed by atoms with van der Waals surface area (Å²) in [5, 5.41) is 0. The Bertz CT molecular complexity index is 500. The van der Waals surface area contributed by atoms with Crippen LogP contribution in [0.1, 0.15) is 0 Å². The minimum atomic E-state index is -1.75. The quantitative estimate of drug-likeness (QED) is 0.625. The summed E-state index contributed by atoms with van der Waals surface area (Å²) in [7, 11) is 0. The second-order valence-corrected chi connectivity index (χ2v) is 3.88. The van der Waals surface area contributed by atoms with Crippen molar-refractivity contribution < 1.29 is 27.1 Å². The molecule has 2 rings (SSSR count). The van der Waals surface area contributed by atoms with Crippen molar-refractivity contribution in [2.75, 3.05) is 24.6 Å². The van der Waals surface area contributed by atoms with E-state index in [2.05, 4.69) is 4.98 Å². The molecule has 0 radical (unpaired) electrons. The van der Waals surface area contributed by atoms with Crippen LogP contribution in [0.25, 0.3) is 0 Å². The van der Waals surface area contributed by atoms with Gasteiger partial charge in [0.2, 0.25) is 17.5 Å². The van der Waals surface area contributed by atoms with Crippen molar-refractivity contribution in [1.29, 1.82) is 0 Å². The second kappa shape index (κ2) is 5.00. The predicted octanol–water partition coefficient (Wildman–Crippen LogP) is 0.328. The summed E-state index contributed by atoms with van der Waals surface area (Å²) in [6.07, 6.45) is -1.10. The van der Waals surface area contributed by atoms with Crippen LogP contribution < -0.4 is 10.6 Å². The number of nitrogens with two attached hydrogens (primary N) is 1. The van der Waals surface area contributed by atoms with Gasteiger partial charge in [0, 0.05) is 6.54 Å².